The summed E-state index contributed by atoms with van der Waals surface area (Å²) in [5.74, 6) is 1.20. The van der Waals surface area contributed by atoms with Crippen LogP contribution in [0.2, 0.25) is 0 Å². The number of aromatic nitrogens is 3. The summed E-state index contributed by atoms with van der Waals surface area (Å²) < 4.78 is 9.65. The zero-order valence-corrected chi connectivity index (χ0v) is 23.7. The number of ether oxygens (including phenoxy) is 1. The molecule has 1 saturated heterocycles. The van der Waals surface area contributed by atoms with Gasteiger partial charge in [-0.2, -0.15) is 0 Å². The standard InChI is InChI=1S/C31H37N5O4/c1-19-11-24-9-8-23-15-27(20(2)12-25(23)31(39)36(24)16-19)40-10-6-7-29(38)32-28-18-35(5)30(33-28)26(37)14-22-13-21(3)34(4)17-22/h12-13,15,17-18,24H,1,6-11,14,16H2,2-5H3,(H,32,38)/t24-/m1/s1. The Morgan fingerprint density at radius 2 is 1.95 bits per heavy atom. The van der Waals surface area contributed by atoms with Gasteiger partial charge in [0.1, 0.15) is 5.75 Å². The fraction of sp³-hybridized carbons (Fsp3) is 0.419. The van der Waals surface area contributed by atoms with Crippen molar-refractivity contribution in [2.45, 2.75) is 58.4 Å². The molecular weight excluding hydrogens is 506 g/mol. The monoisotopic (exact) mass is 543 g/mol. The highest BCUT2D eigenvalue weighted by atomic mass is 16.5. The number of nitrogens with zero attached hydrogens (tertiary/aromatic N) is 4. The van der Waals surface area contributed by atoms with E-state index in [4.69, 9.17) is 4.74 Å². The second-order valence-electron chi connectivity index (χ2n) is 11.1. The Kier molecular flexibility index (Phi) is 7.65. The van der Waals surface area contributed by atoms with E-state index in [1.165, 1.54) is 0 Å². The second-order valence-corrected chi connectivity index (χ2v) is 11.1. The molecule has 0 spiro atoms. The summed E-state index contributed by atoms with van der Waals surface area (Å²) in [4.78, 5) is 44.8. The molecule has 0 unspecified atom stereocenters. The van der Waals surface area contributed by atoms with Gasteiger partial charge in [-0.15, -0.1) is 0 Å². The lowest BCUT2D eigenvalue weighted by atomic mass is 9.98. The van der Waals surface area contributed by atoms with Crippen molar-refractivity contribution < 1.29 is 19.1 Å². The van der Waals surface area contributed by atoms with Gasteiger partial charge in [-0.1, -0.05) is 12.2 Å². The highest BCUT2D eigenvalue weighted by Crippen LogP contribution is 2.34. The van der Waals surface area contributed by atoms with E-state index in [1.807, 2.05) is 54.8 Å². The molecule has 2 aliphatic heterocycles. The van der Waals surface area contributed by atoms with Crippen molar-refractivity contribution in [1.29, 1.82) is 0 Å². The number of fused-ring (bicyclic) bond motifs is 2. The van der Waals surface area contributed by atoms with Crippen LogP contribution in [0.4, 0.5) is 5.82 Å². The average molecular weight is 544 g/mol. The third-order valence-electron chi connectivity index (χ3n) is 7.87. The molecule has 4 heterocycles. The molecule has 1 atom stereocenters. The third-order valence-corrected chi connectivity index (χ3v) is 7.87. The number of carbonyl (C=O) groups excluding carboxylic acids is 3. The second kappa shape index (κ2) is 11.2. The van der Waals surface area contributed by atoms with Gasteiger partial charge in [-0.3, -0.25) is 14.4 Å². The van der Waals surface area contributed by atoms with Crippen LogP contribution in [-0.2, 0) is 31.7 Å². The van der Waals surface area contributed by atoms with Crippen LogP contribution in [0, 0.1) is 13.8 Å². The molecule has 210 valence electrons. The molecule has 0 saturated carbocycles. The predicted octanol–water partition coefficient (Wildman–Crippen LogP) is 4.32. The van der Waals surface area contributed by atoms with Crippen LogP contribution in [0.15, 0.2) is 42.7 Å². The zero-order valence-electron chi connectivity index (χ0n) is 23.7. The molecular formula is C31H37N5O4. The van der Waals surface area contributed by atoms with Crippen LogP contribution in [0.5, 0.6) is 5.75 Å². The van der Waals surface area contributed by atoms with Crippen molar-refractivity contribution in [3.05, 3.63) is 76.5 Å². The lowest BCUT2D eigenvalue weighted by Crippen LogP contribution is -2.34. The van der Waals surface area contributed by atoms with Crippen molar-refractivity contribution >= 4 is 23.4 Å². The third kappa shape index (κ3) is 5.73. The van der Waals surface area contributed by atoms with E-state index in [-0.39, 0.29) is 36.5 Å². The Labute approximate surface area is 234 Å². The van der Waals surface area contributed by atoms with E-state index in [9.17, 15) is 14.4 Å². The van der Waals surface area contributed by atoms with E-state index < -0.39 is 0 Å². The molecule has 0 aliphatic carbocycles. The fourth-order valence-electron chi connectivity index (χ4n) is 5.67. The number of anilines is 1. The van der Waals surface area contributed by atoms with Gasteiger partial charge < -0.3 is 24.1 Å². The zero-order chi connectivity index (χ0) is 28.6. The van der Waals surface area contributed by atoms with Gasteiger partial charge in [0.25, 0.3) is 5.91 Å². The van der Waals surface area contributed by atoms with Gasteiger partial charge in [-0.25, -0.2) is 4.98 Å². The molecule has 0 bridgehead atoms. The number of ketones is 1. The summed E-state index contributed by atoms with van der Waals surface area (Å²) in [5, 5.41) is 2.79. The Balaban J connectivity index is 1.12. The van der Waals surface area contributed by atoms with Gasteiger partial charge in [0.15, 0.2) is 11.6 Å². The Hall–Kier alpha value is -4.14. The number of hydrogen-bond acceptors (Lipinski definition) is 5. The van der Waals surface area contributed by atoms with Gasteiger partial charge >= 0.3 is 0 Å². The summed E-state index contributed by atoms with van der Waals surface area (Å²) in [7, 11) is 3.69. The Morgan fingerprint density at radius 1 is 1.15 bits per heavy atom. The molecule has 0 radical (unpaired) electrons. The lowest BCUT2D eigenvalue weighted by Gasteiger charge is -2.21. The maximum atomic E-state index is 13.1. The van der Waals surface area contributed by atoms with E-state index in [0.717, 1.165) is 58.5 Å². The van der Waals surface area contributed by atoms with Gasteiger partial charge in [0.2, 0.25) is 11.7 Å². The average Bonchev–Trinajstić information content (AvgIpc) is 3.54. The summed E-state index contributed by atoms with van der Waals surface area (Å²) >= 11 is 0. The number of hydrogen-bond donors (Lipinski definition) is 1. The first-order chi connectivity index (χ1) is 19.1. The molecule has 9 heteroatoms. The Bertz CT molecular complexity index is 1480. The number of carbonyl (C=O) groups is 3. The predicted molar refractivity (Wildman–Crippen MR) is 153 cm³/mol. The molecule has 40 heavy (non-hydrogen) atoms. The number of imidazole rings is 1. The van der Waals surface area contributed by atoms with Gasteiger partial charge in [0.05, 0.1) is 6.61 Å². The van der Waals surface area contributed by atoms with E-state index in [1.54, 1.807) is 17.8 Å². The summed E-state index contributed by atoms with van der Waals surface area (Å²) in [6, 6.07) is 6.14. The topological polar surface area (TPSA) is 98.5 Å². The minimum absolute atomic E-state index is 0.0806. The molecule has 5 rings (SSSR count). The van der Waals surface area contributed by atoms with Crippen LogP contribution in [0.3, 0.4) is 0 Å². The Morgan fingerprint density at radius 3 is 2.70 bits per heavy atom. The molecule has 1 aromatic carbocycles. The minimum Gasteiger partial charge on any atom is -0.493 e. The fourth-order valence-corrected chi connectivity index (χ4v) is 5.67. The summed E-state index contributed by atoms with van der Waals surface area (Å²) in [5.41, 5.74) is 5.82. The first-order valence-corrected chi connectivity index (χ1v) is 13.8. The molecule has 1 fully saturated rings. The number of benzene rings is 1. The quantitative estimate of drug-likeness (QED) is 0.246. The normalized spacial score (nSPS) is 16.5. The van der Waals surface area contributed by atoms with Crippen molar-refractivity contribution in [2.75, 3.05) is 18.5 Å². The number of Topliss-reactive ketones (excluding diaryl/α,β-unsaturated/α-hetero) is 1. The molecule has 2 aliphatic rings. The molecule has 2 aromatic heterocycles. The van der Waals surface area contributed by atoms with Crippen LogP contribution in [-0.4, -0.2) is 55.8 Å². The summed E-state index contributed by atoms with van der Waals surface area (Å²) in [6.45, 7) is 9.03. The van der Waals surface area contributed by atoms with Crippen LogP contribution in [0.1, 0.15) is 69.0 Å². The molecule has 9 nitrogen and oxygen atoms in total. The van der Waals surface area contributed by atoms with Crippen LogP contribution >= 0.6 is 0 Å². The minimum atomic E-state index is -0.189. The van der Waals surface area contributed by atoms with E-state index in [2.05, 4.69) is 16.9 Å². The van der Waals surface area contributed by atoms with Crippen molar-refractivity contribution in [3.63, 3.8) is 0 Å². The van der Waals surface area contributed by atoms with Crippen molar-refractivity contribution in [3.8, 4) is 5.75 Å². The van der Waals surface area contributed by atoms with Gasteiger partial charge in [-0.05, 0) is 74.4 Å². The highest BCUT2D eigenvalue weighted by Gasteiger charge is 2.35. The smallest absolute Gasteiger partial charge is 0.254 e. The van der Waals surface area contributed by atoms with Crippen molar-refractivity contribution in [1.82, 2.24) is 19.0 Å². The number of rotatable bonds is 9. The summed E-state index contributed by atoms with van der Waals surface area (Å²) in [6.07, 6.45) is 7.25. The highest BCUT2D eigenvalue weighted by molar-refractivity contribution is 5.97. The van der Waals surface area contributed by atoms with Gasteiger partial charge in [0, 0.05) is 63.2 Å². The molecule has 1 N–H and O–H groups in total. The van der Waals surface area contributed by atoms with E-state index >= 15 is 0 Å². The molecule has 3 aromatic rings. The maximum absolute atomic E-state index is 13.1. The largest absolute Gasteiger partial charge is 0.493 e. The first-order valence-electron chi connectivity index (χ1n) is 13.8. The number of nitrogens with one attached hydrogen (secondary N) is 1. The van der Waals surface area contributed by atoms with Crippen molar-refractivity contribution in [2.24, 2.45) is 14.1 Å². The van der Waals surface area contributed by atoms with Crippen LogP contribution < -0.4 is 10.1 Å². The number of aryl methyl sites for hydroxylation is 5. The lowest BCUT2D eigenvalue weighted by molar-refractivity contribution is -0.116. The molecule has 2 amide bonds. The van der Waals surface area contributed by atoms with E-state index in [0.29, 0.717) is 31.2 Å². The SMILES string of the molecule is C=C1C[C@H]2CCc3cc(OCCCC(=O)Nc4cn(C)c(C(=O)Cc5cc(C)n(C)c5)n4)c(C)cc3C(=O)N2C1. The number of amides is 2. The van der Waals surface area contributed by atoms with Crippen LogP contribution in [0.25, 0.3) is 0 Å². The maximum Gasteiger partial charge on any atom is 0.254 e. The first kappa shape index (κ1) is 27.4.